The van der Waals surface area contributed by atoms with Crippen molar-refractivity contribution in [2.45, 2.75) is 24.2 Å². The van der Waals surface area contributed by atoms with Crippen molar-refractivity contribution in [2.24, 2.45) is 5.92 Å². The number of sulfonamides is 1. The lowest BCUT2D eigenvalue weighted by Crippen LogP contribution is -2.29. The summed E-state index contributed by atoms with van der Waals surface area (Å²) in [5.74, 6) is 2.16. The van der Waals surface area contributed by atoms with Gasteiger partial charge in [-0.2, -0.15) is 9.29 Å². The first-order chi connectivity index (χ1) is 15.0. The van der Waals surface area contributed by atoms with Crippen LogP contribution in [0, 0.1) is 5.92 Å². The van der Waals surface area contributed by atoms with Gasteiger partial charge in [-0.25, -0.2) is 8.42 Å². The molecule has 1 atom stereocenters. The number of methoxy groups -OCH3 is 2. The van der Waals surface area contributed by atoms with Crippen LogP contribution in [0.3, 0.4) is 0 Å². The topological polar surface area (TPSA) is 108 Å². The summed E-state index contributed by atoms with van der Waals surface area (Å²) in [5, 5.41) is 4.03. The second kappa shape index (κ2) is 9.03. The highest BCUT2D eigenvalue weighted by Crippen LogP contribution is 2.33. The Bertz CT molecular complexity index is 1130. The highest BCUT2D eigenvalue weighted by Gasteiger charge is 2.33. The minimum Gasteiger partial charge on any atom is -0.493 e. The number of ether oxygens (including phenoxy) is 2. The van der Waals surface area contributed by atoms with Gasteiger partial charge >= 0.3 is 0 Å². The van der Waals surface area contributed by atoms with E-state index in [-0.39, 0.29) is 10.8 Å². The van der Waals surface area contributed by atoms with Gasteiger partial charge in [0.1, 0.15) is 0 Å². The van der Waals surface area contributed by atoms with E-state index in [4.69, 9.17) is 14.0 Å². The number of rotatable bonds is 8. The summed E-state index contributed by atoms with van der Waals surface area (Å²) in [6, 6.07) is 8.32. The Morgan fingerprint density at radius 2 is 2.03 bits per heavy atom. The van der Waals surface area contributed by atoms with Crippen molar-refractivity contribution < 1.29 is 22.4 Å². The number of nitrogens with zero attached hydrogens (tertiary/aromatic N) is 4. The van der Waals surface area contributed by atoms with Crippen LogP contribution in [-0.2, 0) is 16.4 Å². The maximum absolute atomic E-state index is 13.1. The molecule has 0 spiro atoms. The van der Waals surface area contributed by atoms with Crippen molar-refractivity contribution in [1.82, 2.24) is 19.4 Å². The van der Waals surface area contributed by atoms with Crippen LogP contribution in [0.15, 0.2) is 52.1 Å². The molecule has 10 heteroatoms. The van der Waals surface area contributed by atoms with Crippen LogP contribution < -0.4 is 9.47 Å². The summed E-state index contributed by atoms with van der Waals surface area (Å²) < 4.78 is 43.4. The quantitative estimate of drug-likeness (QED) is 0.522. The molecule has 2 aromatic heterocycles. The van der Waals surface area contributed by atoms with E-state index >= 15 is 0 Å². The Kier molecular flexibility index (Phi) is 6.19. The molecule has 1 fully saturated rings. The van der Waals surface area contributed by atoms with Gasteiger partial charge in [0.05, 0.1) is 24.7 Å². The third-order valence-electron chi connectivity index (χ3n) is 5.39. The molecule has 31 heavy (non-hydrogen) atoms. The zero-order valence-electron chi connectivity index (χ0n) is 17.4. The Hall–Kier alpha value is -2.98. The van der Waals surface area contributed by atoms with Crippen LogP contribution in [0.1, 0.15) is 18.7 Å². The van der Waals surface area contributed by atoms with Crippen molar-refractivity contribution >= 4 is 10.0 Å². The van der Waals surface area contributed by atoms with Gasteiger partial charge in [0.2, 0.25) is 10.0 Å². The second-order valence-corrected chi connectivity index (χ2v) is 9.27. The molecule has 1 aromatic carbocycles. The van der Waals surface area contributed by atoms with E-state index in [2.05, 4.69) is 15.1 Å². The van der Waals surface area contributed by atoms with E-state index < -0.39 is 10.0 Å². The maximum Gasteiger partial charge on any atom is 0.259 e. The van der Waals surface area contributed by atoms with Crippen molar-refractivity contribution in [3.63, 3.8) is 0 Å². The van der Waals surface area contributed by atoms with Crippen LogP contribution in [0.2, 0.25) is 0 Å². The Morgan fingerprint density at radius 3 is 2.77 bits per heavy atom. The highest BCUT2D eigenvalue weighted by atomic mass is 32.2. The van der Waals surface area contributed by atoms with Gasteiger partial charge in [0.15, 0.2) is 17.3 Å². The number of pyridine rings is 1. The number of benzene rings is 1. The molecule has 0 N–H and O–H groups in total. The Morgan fingerprint density at radius 1 is 1.19 bits per heavy atom. The average Bonchev–Trinajstić information content (AvgIpc) is 3.48. The fraction of sp³-hybridized carbons (Fsp3) is 0.381. The third-order valence-corrected chi connectivity index (χ3v) is 7.26. The molecule has 0 bridgehead atoms. The molecular formula is C21H24N4O5S. The molecule has 1 aliphatic heterocycles. The van der Waals surface area contributed by atoms with Crippen molar-refractivity contribution in [2.75, 3.05) is 27.3 Å². The fourth-order valence-corrected chi connectivity index (χ4v) is 5.22. The number of aryl methyl sites for hydroxylation is 1. The van der Waals surface area contributed by atoms with Crippen LogP contribution in [-0.4, -0.2) is 55.2 Å². The lowest BCUT2D eigenvalue weighted by atomic mass is 10.0. The molecule has 1 aliphatic rings. The van der Waals surface area contributed by atoms with E-state index in [0.717, 1.165) is 18.4 Å². The first kappa shape index (κ1) is 21.3. The molecule has 0 amide bonds. The minimum atomic E-state index is -3.60. The summed E-state index contributed by atoms with van der Waals surface area (Å²) in [6.45, 7) is 0.943. The van der Waals surface area contributed by atoms with Crippen molar-refractivity contribution in [1.29, 1.82) is 0 Å². The second-order valence-electron chi connectivity index (χ2n) is 7.33. The summed E-state index contributed by atoms with van der Waals surface area (Å²) in [5.41, 5.74) is 0.773. The normalized spacial score (nSPS) is 17.0. The Labute approximate surface area is 181 Å². The van der Waals surface area contributed by atoms with Crippen LogP contribution in [0.25, 0.3) is 11.5 Å². The average molecular weight is 445 g/mol. The number of hydrogen-bond donors (Lipinski definition) is 0. The fourth-order valence-electron chi connectivity index (χ4n) is 3.67. The van der Waals surface area contributed by atoms with Crippen LogP contribution in [0.4, 0.5) is 0 Å². The smallest absolute Gasteiger partial charge is 0.259 e. The summed E-state index contributed by atoms with van der Waals surface area (Å²) in [7, 11) is -0.605. The lowest BCUT2D eigenvalue weighted by Gasteiger charge is -2.17. The zero-order valence-corrected chi connectivity index (χ0v) is 18.2. The molecule has 164 valence electrons. The standard InChI is InChI=1S/C21H24N4O5S/c1-28-18-7-6-17(12-19(18)29-2)31(26,27)25-11-9-15(14-25)5-8-20-23-21(30-24-20)16-4-3-10-22-13-16/h3-4,6-7,10,12-13,15H,5,8-9,11,14H2,1-2H3. The summed E-state index contributed by atoms with van der Waals surface area (Å²) in [6.07, 6.45) is 5.55. The predicted molar refractivity (Wildman–Crippen MR) is 112 cm³/mol. The SMILES string of the molecule is COc1ccc(S(=O)(=O)N2CCC(CCc3noc(-c4cccnc4)n3)C2)cc1OC. The van der Waals surface area contributed by atoms with Gasteiger partial charge < -0.3 is 14.0 Å². The third kappa shape index (κ3) is 4.54. The van der Waals surface area contributed by atoms with E-state index in [0.29, 0.717) is 42.7 Å². The molecular weight excluding hydrogens is 420 g/mol. The van der Waals surface area contributed by atoms with Crippen LogP contribution >= 0.6 is 0 Å². The number of hydrogen-bond acceptors (Lipinski definition) is 8. The lowest BCUT2D eigenvalue weighted by molar-refractivity contribution is 0.353. The minimum absolute atomic E-state index is 0.199. The van der Waals surface area contributed by atoms with Crippen LogP contribution in [0.5, 0.6) is 11.5 Å². The van der Waals surface area contributed by atoms with Gasteiger partial charge in [-0.1, -0.05) is 5.16 Å². The molecule has 4 rings (SSSR count). The van der Waals surface area contributed by atoms with E-state index in [1.54, 1.807) is 24.5 Å². The molecule has 3 heterocycles. The first-order valence-corrected chi connectivity index (χ1v) is 11.4. The van der Waals surface area contributed by atoms with Gasteiger partial charge in [0, 0.05) is 38.0 Å². The summed E-state index contributed by atoms with van der Waals surface area (Å²) in [4.78, 5) is 8.67. The summed E-state index contributed by atoms with van der Waals surface area (Å²) >= 11 is 0. The van der Waals surface area contributed by atoms with Gasteiger partial charge in [0.25, 0.3) is 5.89 Å². The van der Waals surface area contributed by atoms with E-state index in [9.17, 15) is 8.42 Å². The van der Waals surface area contributed by atoms with Crippen molar-refractivity contribution in [3.05, 3.63) is 48.5 Å². The first-order valence-electron chi connectivity index (χ1n) is 9.96. The molecule has 0 saturated carbocycles. The van der Waals surface area contributed by atoms with Gasteiger partial charge in [-0.05, 0) is 43.0 Å². The van der Waals surface area contributed by atoms with Gasteiger partial charge in [-0.3, -0.25) is 4.98 Å². The monoisotopic (exact) mass is 444 g/mol. The molecule has 0 radical (unpaired) electrons. The van der Waals surface area contributed by atoms with Gasteiger partial charge in [-0.15, -0.1) is 0 Å². The number of aromatic nitrogens is 3. The molecule has 0 aliphatic carbocycles. The Balaban J connectivity index is 1.38. The molecule has 1 saturated heterocycles. The maximum atomic E-state index is 13.1. The molecule has 3 aromatic rings. The molecule has 9 nitrogen and oxygen atoms in total. The molecule has 1 unspecified atom stereocenters. The van der Waals surface area contributed by atoms with E-state index in [1.807, 2.05) is 12.1 Å². The largest absolute Gasteiger partial charge is 0.493 e. The predicted octanol–water partition coefficient (Wildman–Crippen LogP) is 2.79. The van der Waals surface area contributed by atoms with E-state index in [1.165, 1.54) is 24.6 Å². The van der Waals surface area contributed by atoms with Crippen molar-refractivity contribution in [3.8, 4) is 23.0 Å². The zero-order chi connectivity index (χ0) is 21.8. The highest BCUT2D eigenvalue weighted by molar-refractivity contribution is 7.89.